The third kappa shape index (κ3) is 1.67. The summed E-state index contributed by atoms with van der Waals surface area (Å²) in [7, 11) is 0. The van der Waals surface area contributed by atoms with Crippen molar-refractivity contribution < 1.29 is 14.3 Å². The Hall–Kier alpha value is 0.0700. The van der Waals surface area contributed by atoms with Gasteiger partial charge in [0.05, 0.1) is 13.2 Å². The van der Waals surface area contributed by atoms with E-state index in [-0.39, 0.29) is 22.4 Å². The molecule has 1 heterocycles. The second kappa shape index (κ2) is 4.15. The molecular formula is C11H17BrO3. The summed E-state index contributed by atoms with van der Waals surface area (Å²) in [5.74, 6) is -0.0322. The molecule has 1 saturated carbocycles. The number of halogens is 1. The van der Waals surface area contributed by atoms with Crippen molar-refractivity contribution >= 4 is 21.7 Å². The molecule has 0 radical (unpaired) electrons. The van der Waals surface area contributed by atoms with Crippen LogP contribution in [0.5, 0.6) is 0 Å². The van der Waals surface area contributed by atoms with Crippen LogP contribution < -0.4 is 0 Å². The van der Waals surface area contributed by atoms with Crippen molar-refractivity contribution in [1.29, 1.82) is 0 Å². The molecule has 15 heavy (non-hydrogen) atoms. The number of carbonyl (C=O) groups excluding carboxylic acids is 1. The molecule has 1 spiro atoms. The molecule has 0 aromatic rings. The summed E-state index contributed by atoms with van der Waals surface area (Å²) < 4.78 is 11.4. The molecule has 0 amide bonds. The number of hydrogen-bond donors (Lipinski definition) is 0. The van der Waals surface area contributed by atoms with Crippen molar-refractivity contribution in [2.75, 3.05) is 13.2 Å². The van der Waals surface area contributed by atoms with Gasteiger partial charge in [-0.1, -0.05) is 29.8 Å². The highest BCUT2D eigenvalue weighted by Gasteiger charge is 2.55. The maximum absolute atomic E-state index is 12.1. The lowest BCUT2D eigenvalue weighted by Gasteiger charge is -2.43. The van der Waals surface area contributed by atoms with E-state index in [2.05, 4.69) is 29.8 Å². The molecule has 1 aliphatic carbocycles. The van der Waals surface area contributed by atoms with Gasteiger partial charge < -0.3 is 9.47 Å². The third-order valence-corrected chi connectivity index (χ3v) is 4.65. The number of carbonyl (C=O) groups is 1. The van der Waals surface area contributed by atoms with Gasteiger partial charge in [-0.3, -0.25) is 4.79 Å². The highest BCUT2D eigenvalue weighted by Crippen LogP contribution is 2.44. The number of hydrogen-bond acceptors (Lipinski definition) is 3. The van der Waals surface area contributed by atoms with Crippen molar-refractivity contribution in [1.82, 2.24) is 0 Å². The van der Waals surface area contributed by atoms with Gasteiger partial charge in [0, 0.05) is 11.8 Å². The summed E-state index contributed by atoms with van der Waals surface area (Å²) in [6, 6.07) is 0. The Labute approximate surface area is 98.6 Å². The maximum Gasteiger partial charge on any atom is 0.190 e. The first-order valence-corrected chi connectivity index (χ1v) is 6.49. The predicted octanol–water partition coefficient (Wildman–Crippen LogP) is 2.13. The van der Waals surface area contributed by atoms with Gasteiger partial charge in [-0.15, -0.1) is 0 Å². The van der Waals surface area contributed by atoms with E-state index < -0.39 is 5.79 Å². The lowest BCUT2D eigenvalue weighted by atomic mass is 9.76. The molecule has 2 rings (SSSR count). The first-order chi connectivity index (χ1) is 7.12. The van der Waals surface area contributed by atoms with Crippen molar-refractivity contribution in [3.8, 4) is 0 Å². The zero-order chi connectivity index (χ0) is 11.1. The summed E-state index contributed by atoms with van der Waals surface area (Å²) in [6.45, 7) is 5.35. The number of ether oxygens (including phenoxy) is 2. The zero-order valence-electron chi connectivity index (χ0n) is 9.16. The lowest BCUT2D eigenvalue weighted by Crippen LogP contribution is -2.55. The molecule has 0 bridgehead atoms. The van der Waals surface area contributed by atoms with Crippen LogP contribution in [0.4, 0.5) is 0 Å². The van der Waals surface area contributed by atoms with E-state index >= 15 is 0 Å². The van der Waals surface area contributed by atoms with Crippen molar-refractivity contribution in [2.45, 2.75) is 37.3 Å². The van der Waals surface area contributed by atoms with Crippen LogP contribution in [0.1, 0.15) is 26.7 Å². The van der Waals surface area contributed by atoms with Gasteiger partial charge in [-0.25, -0.2) is 0 Å². The molecule has 1 aliphatic heterocycles. The Kier molecular flexibility index (Phi) is 3.20. The Morgan fingerprint density at radius 1 is 1.47 bits per heavy atom. The van der Waals surface area contributed by atoms with Crippen LogP contribution in [0.2, 0.25) is 0 Å². The van der Waals surface area contributed by atoms with Gasteiger partial charge in [-0.2, -0.15) is 0 Å². The smallest absolute Gasteiger partial charge is 0.190 e. The van der Waals surface area contributed by atoms with Crippen molar-refractivity contribution in [3.63, 3.8) is 0 Å². The SMILES string of the molecule is CCC1CC(C)C2(OCCO2)C(Br)C1=O. The maximum atomic E-state index is 12.1. The molecule has 0 N–H and O–H groups in total. The molecule has 2 aliphatic rings. The summed E-state index contributed by atoms with van der Waals surface area (Å²) in [5, 5.41) is 0. The molecule has 3 unspecified atom stereocenters. The minimum absolute atomic E-state index is 0.155. The Bertz CT molecular complexity index is 261. The fraction of sp³-hybridized carbons (Fsp3) is 0.909. The standard InChI is InChI=1S/C11H17BrO3/c1-3-8-6-7(2)11(10(12)9(8)13)14-4-5-15-11/h7-8,10H,3-6H2,1-2H3. The van der Waals surface area contributed by atoms with Crippen LogP contribution in [0.3, 0.4) is 0 Å². The van der Waals surface area contributed by atoms with E-state index in [0.717, 1.165) is 12.8 Å². The molecule has 1 saturated heterocycles. The van der Waals surface area contributed by atoms with Gasteiger partial charge in [0.2, 0.25) is 0 Å². The Morgan fingerprint density at radius 2 is 2.07 bits per heavy atom. The average molecular weight is 277 g/mol. The van der Waals surface area contributed by atoms with Crippen molar-refractivity contribution in [3.05, 3.63) is 0 Å². The number of Topliss-reactive ketones (excluding diaryl/α,β-unsaturated/α-hetero) is 1. The fourth-order valence-corrected chi connectivity index (χ4v) is 3.69. The Balaban J connectivity index is 2.23. The van der Waals surface area contributed by atoms with Crippen LogP contribution in [0.15, 0.2) is 0 Å². The fourth-order valence-electron chi connectivity index (χ4n) is 2.60. The van der Waals surface area contributed by atoms with Gasteiger partial charge in [0.1, 0.15) is 4.83 Å². The zero-order valence-corrected chi connectivity index (χ0v) is 10.7. The number of ketones is 1. The monoisotopic (exact) mass is 276 g/mol. The molecule has 3 atom stereocenters. The first-order valence-electron chi connectivity index (χ1n) is 5.57. The normalized spacial score (nSPS) is 39.9. The highest BCUT2D eigenvalue weighted by atomic mass is 79.9. The topological polar surface area (TPSA) is 35.5 Å². The van der Waals surface area contributed by atoms with E-state index in [1.165, 1.54) is 0 Å². The summed E-state index contributed by atoms with van der Waals surface area (Å²) >= 11 is 3.46. The third-order valence-electron chi connectivity index (χ3n) is 3.56. The van der Waals surface area contributed by atoms with Crippen LogP contribution in [0.25, 0.3) is 0 Å². The van der Waals surface area contributed by atoms with Crippen LogP contribution >= 0.6 is 15.9 Å². The first kappa shape index (κ1) is 11.6. The molecule has 4 heteroatoms. The minimum Gasteiger partial charge on any atom is -0.346 e. The number of rotatable bonds is 1. The molecule has 0 aromatic heterocycles. The highest BCUT2D eigenvalue weighted by molar-refractivity contribution is 9.10. The van der Waals surface area contributed by atoms with Gasteiger partial charge in [-0.05, 0) is 12.8 Å². The quantitative estimate of drug-likeness (QED) is 0.689. The second-order valence-corrected chi connectivity index (χ2v) is 5.34. The molecule has 86 valence electrons. The van der Waals surface area contributed by atoms with E-state index in [4.69, 9.17) is 9.47 Å². The van der Waals surface area contributed by atoms with E-state index in [1.54, 1.807) is 0 Å². The summed E-state index contributed by atoms with van der Waals surface area (Å²) in [5.41, 5.74) is 0. The summed E-state index contributed by atoms with van der Waals surface area (Å²) in [6.07, 6.45) is 1.78. The van der Waals surface area contributed by atoms with Crippen LogP contribution in [0, 0.1) is 11.8 Å². The number of alkyl halides is 1. The summed E-state index contributed by atoms with van der Waals surface area (Å²) in [4.78, 5) is 11.8. The van der Waals surface area contributed by atoms with Gasteiger partial charge >= 0.3 is 0 Å². The van der Waals surface area contributed by atoms with Crippen LogP contribution in [-0.2, 0) is 14.3 Å². The molecular weight excluding hydrogens is 260 g/mol. The van der Waals surface area contributed by atoms with Gasteiger partial charge in [0.15, 0.2) is 11.6 Å². The van der Waals surface area contributed by atoms with E-state index in [9.17, 15) is 4.79 Å². The second-order valence-electron chi connectivity index (χ2n) is 4.43. The van der Waals surface area contributed by atoms with Crippen LogP contribution in [-0.4, -0.2) is 29.6 Å². The minimum atomic E-state index is -0.692. The largest absolute Gasteiger partial charge is 0.346 e. The van der Waals surface area contributed by atoms with E-state index in [0.29, 0.717) is 13.2 Å². The van der Waals surface area contributed by atoms with Crippen molar-refractivity contribution in [2.24, 2.45) is 11.8 Å². The molecule has 2 fully saturated rings. The Morgan fingerprint density at radius 3 is 2.60 bits per heavy atom. The van der Waals surface area contributed by atoms with Gasteiger partial charge in [0.25, 0.3) is 0 Å². The molecule has 0 aromatic carbocycles. The average Bonchev–Trinajstić information content (AvgIpc) is 2.71. The predicted molar refractivity (Wildman–Crippen MR) is 59.9 cm³/mol. The lowest BCUT2D eigenvalue weighted by molar-refractivity contribution is -0.206. The van der Waals surface area contributed by atoms with E-state index in [1.807, 2.05) is 0 Å². The molecule has 3 nitrogen and oxygen atoms in total.